The zero-order chi connectivity index (χ0) is 12.1. The average molecular weight is 253 g/mol. The highest BCUT2D eigenvalue weighted by Gasteiger charge is 2.20. The fraction of sp³-hybridized carbons (Fsp3) is 0.769. The van der Waals surface area contributed by atoms with E-state index < -0.39 is 0 Å². The molecule has 0 aromatic carbocycles. The van der Waals surface area contributed by atoms with E-state index in [1.54, 1.807) is 11.3 Å². The minimum Gasteiger partial charge on any atom is -0.311 e. The Bertz CT molecular complexity index is 337. The van der Waals surface area contributed by atoms with E-state index in [1.807, 2.05) is 0 Å². The maximum absolute atomic E-state index is 4.57. The van der Waals surface area contributed by atoms with Gasteiger partial charge in [-0.25, -0.2) is 4.98 Å². The Morgan fingerprint density at radius 3 is 3.06 bits per heavy atom. The molecule has 0 bridgehead atoms. The summed E-state index contributed by atoms with van der Waals surface area (Å²) < 4.78 is 0. The monoisotopic (exact) mass is 253 g/mol. The van der Waals surface area contributed by atoms with Gasteiger partial charge < -0.3 is 10.2 Å². The molecule has 2 heterocycles. The van der Waals surface area contributed by atoms with E-state index >= 15 is 0 Å². The van der Waals surface area contributed by atoms with Crippen LogP contribution in [0, 0.1) is 5.92 Å². The second-order valence-corrected chi connectivity index (χ2v) is 5.71. The van der Waals surface area contributed by atoms with Crippen LogP contribution in [0.1, 0.15) is 31.0 Å². The Morgan fingerprint density at radius 2 is 2.41 bits per heavy atom. The van der Waals surface area contributed by atoms with Crippen LogP contribution in [0.5, 0.6) is 0 Å². The van der Waals surface area contributed by atoms with Crippen LogP contribution in [0.25, 0.3) is 0 Å². The Labute approximate surface area is 108 Å². The van der Waals surface area contributed by atoms with Crippen molar-refractivity contribution in [1.82, 2.24) is 15.2 Å². The lowest BCUT2D eigenvalue weighted by Crippen LogP contribution is -2.26. The molecule has 2 rings (SSSR count). The Hall–Kier alpha value is -0.450. The van der Waals surface area contributed by atoms with Crippen LogP contribution in [-0.4, -0.2) is 36.1 Å². The Kier molecular flexibility index (Phi) is 4.95. The van der Waals surface area contributed by atoms with Crippen molar-refractivity contribution in [3.63, 3.8) is 0 Å². The number of likely N-dealkylation sites (tertiary alicyclic amines) is 1. The van der Waals surface area contributed by atoms with Gasteiger partial charge in [-0.05, 0) is 38.4 Å². The summed E-state index contributed by atoms with van der Waals surface area (Å²) in [6.45, 7) is 10.2. The van der Waals surface area contributed by atoms with Crippen molar-refractivity contribution in [3.05, 3.63) is 16.1 Å². The second kappa shape index (κ2) is 6.47. The largest absolute Gasteiger partial charge is 0.311 e. The number of aryl methyl sites for hydroxylation is 1. The van der Waals surface area contributed by atoms with Gasteiger partial charge in [0.25, 0.3) is 0 Å². The number of thiazole rings is 1. The number of hydrogen-bond acceptors (Lipinski definition) is 4. The average Bonchev–Trinajstić information content (AvgIpc) is 2.97. The molecule has 0 aliphatic carbocycles. The zero-order valence-corrected chi connectivity index (χ0v) is 11.7. The molecule has 1 aliphatic rings. The van der Waals surface area contributed by atoms with Crippen molar-refractivity contribution in [2.24, 2.45) is 5.92 Å². The summed E-state index contributed by atoms with van der Waals surface area (Å²) in [6, 6.07) is 0. The number of nitrogens with zero attached hydrogens (tertiary/aromatic N) is 2. The Morgan fingerprint density at radius 1 is 1.53 bits per heavy atom. The first-order chi connectivity index (χ1) is 8.31. The van der Waals surface area contributed by atoms with E-state index in [-0.39, 0.29) is 0 Å². The van der Waals surface area contributed by atoms with E-state index in [9.17, 15) is 0 Å². The predicted molar refractivity (Wildman–Crippen MR) is 73.4 cm³/mol. The van der Waals surface area contributed by atoms with Crippen LogP contribution >= 0.6 is 11.3 Å². The van der Waals surface area contributed by atoms with E-state index in [1.165, 1.54) is 36.8 Å². The van der Waals surface area contributed by atoms with E-state index in [2.05, 4.69) is 34.4 Å². The lowest BCUT2D eigenvalue weighted by molar-refractivity contribution is 0.338. The molecule has 96 valence electrons. The maximum atomic E-state index is 4.57. The number of aromatic nitrogens is 1. The lowest BCUT2D eigenvalue weighted by Gasteiger charge is -2.13. The van der Waals surface area contributed by atoms with Crippen LogP contribution in [0.15, 0.2) is 5.38 Å². The van der Waals surface area contributed by atoms with Gasteiger partial charge in [0.2, 0.25) is 0 Å². The van der Waals surface area contributed by atoms with Crippen molar-refractivity contribution in [3.8, 4) is 0 Å². The van der Waals surface area contributed by atoms with E-state index in [0.29, 0.717) is 0 Å². The lowest BCUT2D eigenvalue weighted by atomic mass is 10.1. The normalized spacial score (nSPS) is 21.2. The first-order valence-electron chi connectivity index (χ1n) is 6.68. The molecule has 1 aromatic heterocycles. The highest BCUT2D eigenvalue weighted by molar-refractivity contribution is 7.09. The summed E-state index contributed by atoms with van der Waals surface area (Å²) in [5.41, 5.74) is 1.21. The third-order valence-corrected chi connectivity index (χ3v) is 4.50. The minimum atomic E-state index is 0.833. The molecule has 1 aromatic rings. The predicted octanol–water partition coefficient (Wildman–Crippen LogP) is 2.14. The van der Waals surface area contributed by atoms with E-state index in [4.69, 9.17) is 0 Å². The number of nitrogens with one attached hydrogen (secondary N) is 1. The summed E-state index contributed by atoms with van der Waals surface area (Å²) in [4.78, 5) is 7.10. The molecule has 0 radical (unpaired) electrons. The molecule has 3 nitrogen and oxygen atoms in total. The fourth-order valence-electron chi connectivity index (χ4n) is 2.36. The smallest absolute Gasteiger partial charge is 0.0926 e. The molecule has 17 heavy (non-hydrogen) atoms. The van der Waals surface area contributed by atoms with Crippen LogP contribution in [-0.2, 0) is 13.0 Å². The van der Waals surface area contributed by atoms with Crippen LogP contribution in [0.3, 0.4) is 0 Å². The number of rotatable bonds is 6. The Balaban J connectivity index is 1.66. The van der Waals surface area contributed by atoms with Crippen molar-refractivity contribution in [2.45, 2.75) is 33.2 Å². The van der Waals surface area contributed by atoms with Gasteiger partial charge in [-0.1, -0.05) is 13.8 Å². The van der Waals surface area contributed by atoms with Gasteiger partial charge in [-0.2, -0.15) is 0 Å². The van der Waals surface area contributed by atoms with Crippen LogP contribution in [0.2, 0.25) is 0 Å². The summed E-state index contributed by atoms with van der Waals surface area (Å²) >= 11 is 1.78. The molecule has 4 heteroatoms. The molecule has 0 saturated carbocycles. The number of hydrogen-bond donors (Lipinski definition) is 1. The third-order valence-electron chi connectivity index (χ3n) is 3.46. The van der Waals surface area contributed by atoms with Gasteiger partial charge >= 0.3 is 0 Å². The third kappa shape index (κ3) is 3.76. The molecule has 1 N–H and O–H groups in total. The molecule has 1 aliphatic heterocycles. The second-order valence-electron chi connectivity index (χ2n) is 4.76. The van der Waals surface area contributed by atoms with Gasteiger partial charge in [0, 0.05) is 18.5 Å². The molecule has 0 spiro atoms. The van der Waals surface area contributed by atoms with E-state index in [0.717, 1.165) is 25.4 Å². The topological polar surface area (TPSA) is 28.2 Å². The summed E-state index contributed by atoms with van der Waals surface area (Å²) in [5, 5.41) is 6.97. The molecular weight excluding hydrogens is 230 g/mol. The SMILES string of the molecule is CCc1nc(CNCC2CCN(CC)C2)cs1. The summed E-state index contributed by atoms with van der Waals surface area (Å²) in [6.07, 6.45) is 2.40. The fourth-order valence-corrected chi connectivity index (χ4v) is 3.11. The zero-order valence-electron chi connectivity index (χ0n) is 10.9. The highest BCUT2D eigenvalue weighted by Crippen LogP contribution is 2.15. The van der Waals surface area contributed by atoms with Gasteiger partial charge in [-0.3, -0.25) is 0 Å². The maximum Gasteiger partial charge on any atom is 0.0926 e. The summed E-state index contributed by atoms with van der Waals surface area (Å²) in [7, 11) is 0. The molecule has 1 saturated heterocycles. The quantitative estimate of drug-likeness (QED) is 0.842. The molecular formula is C13H23N3S. The van der Waals surface area contributed by atoms with Crippen LogP contribution in [0.4, 0.5) is 0 Å². The first-order valence-corrected chi connectivity index (χ1v) is 7.56. The molecule has 1 unspecified atom stereocenters. The van der Waals surface area contributed by atoms with Gasteiger partial charge in [0.1, 0.15) is 0 Å². The first kappa shape index (κ1) is 13.0. The van der Waals surface area contributed by atoms with Crippen molar-refractivity contribution in [1.29, 1.82) is 0 Å². The van der Waals surface area contributed by atoms with Gasteiger partial charge in [0.05, 0.1) is 10.7 Å². The van der Waals surface area contributed by atoms with Crippen LogP contribution < -0.4 is 5.32 Å². The molecule has 0 amide bonds. The van der Waals surface area contributed by atoms with Crippen molar-refractivity contribution < 1.29 is 0 Å². The van der Waals surface area contributed by atoms with Crippen molar-refractivity contribution >= 4 is 11.3 Å². The van der Waals surface area contributed by atoms with Crippen molar-refractivity contribution in [2.75, 3.05) is 26.2 Å². The van der Waals surface area contributed by atoms with Gasteiger partial charge in [-0.15, -0.1) is 11.3 Å². The standard InChI is InChI=1S/C13H23N3S/c1-3-13-15-12(10-17-13)8-14-7-11-5-6-16(4-2)9-11/h10-11,14H,3-9H2,1-2H3. The molecule has 1 fully saturated rings. The van der Waals surface area contributed by atoms with Gasteiger partial charge in [0.15, 0.2) is 0 Å². The highest BCUT2D eigenvalue weighted by atomic mass is 32.1. The minimum absolute atomic E-state index is 0.833. The summed E-state index contributed by atoms with van der Waals surface area (Å²) in [5.74, 6) is 0.833. The molecule has 1 atom stereocenters.